The summed E-state index contributed by atoms with van der Waals surface area (Å²) in [5.41, 5.74) is 2.72. The van der Waals surface area contributed by atoms with Gasteiger partial charge in [0.25, 0.3) is 11.6 Å². The highest BCUT2D eigenvalue weighted by Gasteiger charge is 2.14. The van der Waals surface area contributed by atoms with Gasteiger partial charge in [-0.3, -0.25) is 14.9 Å². The lowest BCUT2D eigenvalue weighted by molar-refractivity contribution is -0.385. The van der Waals surface area contributed by atoms with Gasteiger partial charge in [0.05, 0.1) is 18.1 Å². The summed E-state index contributed by atoms with van der Waals surface area (Å²) in [6, 6.07) is 9.53. The number of aryl methyl sites for hydroxylation is 2. The van der Waals surface area contributed by atoms with Gasteiger partial charge in [-0.05, 0) is 43.2 Å². The number of nitrogens with one attached hydrogen (secondary N) is 1. The van der Waals surface area contributed by atoms with E-state index in [1.54, 1.807) is 6.07 Å². The van der Waals surface area contributed by atoms with Crippen molar-refractivity contribution in [1.82, 2.24) is 0 Å². The topological polar surface area (TPSA) is 90.7 Å². The number of non-ortho nitro benzene ring substituents is 1. The molecular weight excluding hydrogens is 312 g/mol. The first-order chi connectivity index (χ1) is 11.4. The lowest BCUT2D eigenvalue weighted by Gasteiger charge is -2.11. The van der Waals surface area contributed by atoms with Gasteiger partial charge in [-0.15, -0.1) is 0 Å². The quantitative estimate of drug-likeness (QED) is 0.648. The van der Waals surface area contributed by atoms with Crippen molar-refractivity contribution in [2.75, 3.05) is 19.0 Å². The summed E-state index contributed by atoms with van der Waals surface area (Å²) in [7, 11) is 1.42. The van der Waals surface area contributed by atoms with Crippen molar-refractivity contribution in [2.45, 2.75) is 13.8 Å². The molecular formula is C17H18N2O5. The Labute approximate surface area is 139 Å². The lowest BCUT2D eigenvalue weighted by atomic mass is 10.1. The maximum absolute atomic E-state index is 12.0. The van der Waals surface area contributed by atoms with Gasteiger partial charge < -0.3 is 14.8 Å². The monoisotopic (exact) mass is 330 g/mol. The first-order valence-corrected chi connectivity index (χ1v) is 7.23. The molecule has 0 heterocycles. The summed E-state index contributed by atoms with van der Waals surface area (Å²) in [4.78, 5) is 22.3. The van der Waals surface area contributed by atoms with Crippen LogP contribution in [-0.4, -0.2) is 24.5 Å². The number of hydrogen-bond donors (Lipinski definition) is 1. The van der Waals surface area contributed by atoms with Crippen molar-refractivity contribution in [2.24, 2.45) is 0 Å². The van der Waals surface area contributed by atoms with Gasteiger partial charge in [0.1, 0.15) is 0 Å². The van der Waals surface area contributed by atoms with E-state index in [1.165, 1.54) is 25.3 Å². The van der Waals surface area contributed by atoms with Gasteiger partial charge in [-0.1, -0.05) is 6.07 Å². The Hall–Kier alpha value is -3.09. The highest BCUT2D eigenvalue weighted by molar-refractivity contribution is 5.92. The molecule has 0 aliphatic heterocycles. The van der Waals surface area contributed by atoms with E-state index in [0.29, 0.717) is 11.4 Å². The lowest BCUT2D eigenvalue weighted by Crippen LogP contribution is -2.20. The van der Waals surface area contributed by atoms with Crippen LogP contribution in [0.3, 0.4) is 0 Å². The Morgan fingerprint density at radius 1 is 1.12 bits per heavy atom. The van der Waals surface area contributed by atoms with E-state index >= 15 is 0 Å². The maximum atomic E-state index is 12.0. The second-order valence-electron chi connectivity index (χ2n) is 5.23. The molecule has 2 aromatic carbocycles. The van der Waals surface area contributed by atoms with E-state index in [4.69, 9.17) is 9.47 Å². The predicted molar refractivity (Wildman–Crippen MR) is 89.7 cm³/mol. The summed E-state index contributed by atoms with van der Waals surface area (Å²) in [5.74, 6) is 0.0910. The van der Waals surface area contributed by atoms with Crippen LogP contribution in [0.2, 0.25) is 0 Å². The molecule has 1 amide bonds. The minimum absolute atomic E-state index is 0.139. The Balaban J connectivity index is 2.04. The van der Waals surface area contributed by atoms with Crippen LogP contribution in [0.25, 0.3) is 0 Å². The van der Waals surface area contributed by atoms with Crippen LogP contribution in [-0.2, 0) is 4.79 Å². The molecule has 0 aliphatic rings. The molecule has 126 valence electrons. The van der Waals surface area contributed by atoms with E-state index in [9.17, 15) is 14.9 Å². The molecule has 2 rings (SSSR count). The average molecular weight is 330 g/mol. The predicted octanol–water partition coefficient (Wildman–Crippen LogP) is 3.24. The molecule has 7 nitrogen and oxygen atoms in total. The third-order valence-electron chi connectivity index (χ3n) is 3.51. The fourth-order valence-corrected chi connectivity index (χ4v) is 2.05. The number of nitro groups is 1. The van der Waals surface area contributed by atoms with Crippen LogP contribution in [0, 0.1) is 24.0 Å². The number of amides is 1. The molecule has 0 spiro atoms. The molecule has 0 aliphatic carbocycles. The Morgan fingerprint density at radius 2 is 1.88 bits per heavy atom. The number of nitro benzene ring substituents is 1. The largest absolute Gasteiger partial charge is 0.493 e. The fourth-order valence-electron chi connectivity index (χ4n) is 2.05. The van der Waals surface area contributed by atoms with Crippen molar-refractivity contribution in [3.05, 3.63) is 57.6 Å². The Morgan fingerprint density at radius 3 is 2.50 bits per heavy atom. The average Bonchev–Trinajstić information content (AvgIpc) is 2.56. The van der Waals surface area contributed by atoms with E-state index in [-0.39, 0.29) is 24.0 Å². The van der Waals surface area contributed by atoms with Crippen molar-refractivity contribution < 1.29 is 19.2 Å². The smallest absolute Gasteiger partial charge is 0.273 e. The van der Waals surface area contributed by atoms with Crippen molar-refractivity contribution in [3.63, 3.8) is 0 Å². The van der Waals surface area contributed by atoms with Gasteiger partial charge in [0, 0.05) is 11.8 Å². The fraction of sp³-hybridized carbons (Fsp3) is 0.235. The van der Waals surface area contributed by atoms with E-state index in [1.807, 2.05) is 26.0 Å². The van der Waals surface area contributed by atoms with Crippen LogP contribution in [0.1, 0.15) is 11.1 Å². The standard InChI is InChI=1S/C17H18N2O5/c1-11-4-5-13(8-12(11)2)18-17(20)10-24-16-9-14(19(21)22)6-7-15(16)23-3/h4-9H,10H2,1-3H3,(H,18,20). The molecule has 0 bridgehead atoms. The van der Waals surface area contributed by atoms with E-state index in [0.717, 1.165) is 11.1 Å². The van der Waals surface area contributed by atoms with Gasteiger partial charge in [0.2, 0.25) is 0 Å². The number of rotatable bonds is 6. The summed E-state index contributed by atoms with van der Waals surface area (Å²) >= 11 is 0. The molecule has 0 saturated carbocycles. The second-order valence-corrected chi connectivity index (χ2v) is 5.23. The highest BCUT2D eigenvalue weighted by Crippen LogP contribution is 2.31. The Kier molecular flexibility index (Phi) is 5.36. The molecule has 0 saturated heterocycles. The normalized spacial score (nSPS) is 10.1. The van der Waals surface area contributed by atoms with Crippen LogP contribution >= 0.6 is 0 Å². The van der Waals surface area contributed by atoms with E-state index < -0.39 is 4.92 Å². The zero-order chi connectivity index (χ0) is 17.7. The summed E-state index contributed by atoms with van der Waals surface area (Å²) in [5, 5.41) is 13.5. The number of ether oxygens (including phenoxy) is 2. The van der Waals surface area contributed by atoms with Gasteiger partial charge >= 0.3 is 0 Å². The SMILES string of the molecule is COc1ccc([N+](=O)[O-])cc1OCC(=O)Nc1ccc(C)c(C)c1. The number of anilines is 1. The van der Waals surface area contributed by atoms with Crippen LogP contribution in [0.4, 0.5) is 11.4 Å². The number of carbonyl (C=O) groups excluding carboxylic acids is 1. The number of carbonyl (C=O) groups is 1. The van der Waals surface area contributed by atoms with E-state index in [2.05, 4.69) is 5.32 Å². The summed E-state index contributed by atoms with van der Waals surface area (Å²) < 4.78 is 10.4. The van der Waals surface area contributed by atoms with Gasteiger partial charge in [-0.2, -0.15) is 0 Å². The summed E-state index contributed by atoms with van der Waals surface area (Å²) in [6.07, 6.45) is 0. The van der Waals surface area contributed by atoms with Gasteiger partial charge in [0.15, 0.2) is 18.1 Å². The third-order valence-corrected chi connectivity index (χ3v) is 3.51. The first-order valence-electron chi connectivity index (χ1n) is 7.23. The number of benzene rings is 2. The first kappa shape index (κ1) is 17.3. The minimum Gasteiger partial charge on any atom is -0.493 e. The van der Waals surface area contributed by atoms with Crippen LogP contribution in [0.5, 0.6) is 11.5 Å². The molecule has 2 aromatic rings. The molecule has 0 atom stereocenters. The number of methoxy groups -OCH3 is 1. The zero-order valence-electron chi connectivity index (χ0n) is 13.7. The number of hydrogen-bond acceptors (Lipinski definition) is 5. The molecule has 0 aromatic heterocycles. The molecule has 0 radical (unpaired) electrons. The number of nitrogens with zero attached hydrogens (tertiary/aromatic N) is 1. The van der Waals surface area contributed by atoms with Gasteiger partial charge in [-0.25, -0.2) is 0 Å². The molecule has 0 fully saturated rings. The van der Waals surface area contributed by atoms with Crippen molar-refractivity contribution >= 4 is 17.3 Å². The van der Waals surface area contributed by atoms with Crippen molar-refractivity contribution in [3.8, 4) is 11.5 Å². The molecule has 1 N–H and O–H groups in total. The second kappa shape index (κ2) is 7.45. The zero-order valence-corrected chi connectivity index (χ0v) is 13.7. The van der Waals surface area contributed by atoms with Crippen LogP contribution in [0.15, 0.2) is 36.4 Å². The Bertz CT molecular complexity index is 774. The summed E-state index contributed by atoms with van der Waals surface area (Å²) in [6.45, 7) is 3.65. The third kappa shape index (κ3) is 4.22. The molecule has 24 heavy (non-hydrogen) atoms. The maximum Gasteiger partial charge on any atom is 0.273 e. The highest BCUT2D eigenvalue weighted by atomic mass is 16.6. The molecule has 7 heteroatoms. The minimum atomic E-state index is -0.540. The molecule has 0 unspecified atom stereocenters. The van der Waals surface area contributed by atoms with Crippen molar-refractivity contribution in [1.29, 1.82) is 0 Å². The van der Waals surface area contributed by atoms with Crippen LogP contribution < -0.4 is 14.8 Å².